The molecule has 0 bridgehead atoms. The molecule has 3 heteroatoms. The number of rotatable bonds is 4. The number of halogens is 1. The summed E-state index contributed by atoms with van der Waals surface area (Å²) in [5.41, 5.74) is 5.54. The minimum atomic E-state index is -0.0816. The Bertz CT molecular complexity index is 597. The minimum Gasteiger partial charge on any atom is -0.487 e. The van der Waals surface area contributed by atoms with E-state index in [0.717, 1.165) is 0 Å². The van der Waals surface area contributed by atoms with Gasteiger partial charge in [-0.15, -0.1) is 0 Å². The summed E-state index contributed by atoms with van der Waals surface area (Å²) < 4.78 is 5.85. The summed E-state index contributed by atoms with van der Waals surface area (Å²) in [5, 5.41) is 9.87. The molecule has 0 saturated carbocycles. The smallest absolute Gasteiger partial charge is 0.143 e. The van der Waals surface area contributed by atoms with Crippen molar-refractivity contribution >= 4 is 11.6 Å². The largest absolute Gasteiger partial charge is 0.487 e. The Labute approximate surface area is 125 Å². The number of aliphatic hydroxyl groups is 1. The van der Waals surface area contributed by atoms with Gasteiger partial charge in [0, 0.05) is 5.56 Å². The van der Waals surface area contributed by atoms with Gasteiger partial charge in [-0.05, 0) is 43.5 Å². The van der Waals surface area contributed by atoms with Crippen LogP contribution in [0.4, 0.5) is 0 Å². The Morgan fingerprint density at radius 2 is 1.75 bits per heavy atom. The molecule has 20 heavy (non-hydrogen) atoms. The third-order valence-corrected chi connectivity index (χ3v) is 3.72. The molecule has 0 aliphatic heterocycles. The van der Waals surface area contributed by atoms with E-state index >= 15 is 0 Å². The molecule has 0 spiro atoms. The van der Waals surface area contributed by atoms with Crippen molar-refractivity contribution in [3.8, 4) is 5.75 Å². The molecule has 0 aromatic heterocycles. The lowest BCUT2D eigenvalue weighted by atomic mass is 10.0. The van der Waals surface area contributed by atoms with Gasteiger partial charge in [-0.1, -0.05) is 41.4 Å². The Hall–Kier alpha value is -1.51. The van der Waals surface area contributed by atoms with Gasteiger partial charge in [-0.25, -0.2) is 0 Å². The number of aryl methyl sites for hydroxylation is 3. The van der Waals surface area contributed by atoms with Crippen LogP contribution in [0.3, 0.4) is 0 Å². The molecule has 106 valence electrons. The first-order valence-corrected chi connectivity index (χ1v) is 6.98. The van der Waals surface area contributed by atoms with E-state index < -0.39 is 0 Å². The van der Waals surface area contributed by atoms with E-state index in [2.05, 4.69) is 32.9 Å². The molecule has 0 fully saturated rings. The number of aliphatic hydroxyl groups excluding tert-OH is 1. The second-order valence-electron chi connectivity index (χ2n) is 5.05. The van der Waals surface area contributed by atoms with Crippen molar-refractivity contribution < 1.29 is 9.84 Å². The first-order chi connectivity index (χ1) is 9.52. The van der Waals surface area contributed by atoms with Gasteiger partial charge in [0.1, 0.15) is 12.4 Å². The molecule has 2 rings (SSSR count). The summed E-state index contributed by atoms with van der Waals surface area (Å²) in [6.45, 7) is 6.62. The third kappa shape index (κ3) is 3.14. The highest BCUT2D eigenvalue weighted by atomic mass is 35.5. The van der Waals surface area contributed by atoms with Gasteiger partial charge in [0.2, 0.25) is 0 Å². The van der Waals surface area contributed by atoms with Gasteiger partial charge in [0.15, 0.2) is 0 Å². The molecule has 0 unspecified atom stereocenters. The van der Waals surface area contributed by atoms with Gasteiger partial charge in [0.05, 0.1) is 11.6 Å². The van der Waals surface area contributed by atoms with Crippen LogP contribution in [0.1, 0.15) is 27.8 Å². The zero-order valence-corrected chi connectivity index (χ0v) is 12.8. The molecule has 0 aliphatic carbocycles. The van der Waals surface area contributed by atoms with Crippen molar-refractivity contribution in [1.29, 1.82) is 0 Å². The van der Waals surface area contributed by atoms with Gasteiger partial charge >= 0.3 is 0 Å². The normalized spacial score (nSPS) is 10.7. The van der Waals surface area contributed by atoms with Crippen molar-refractivity contribution in [2.45, 2.75) is 34.0 Å². The standard InChI is InChI=1S/C17H19ClO2/c1-11-7-12(2)15(13(3)8-11)10-20-17-14(9-19)5-4-6-16(17)18/h4-8,19H,9-10H2,1-3H3. The molecular formula is C17H19ClO2. The Morgan fingerprint density at radius 1 is 1.10 bits per heavy atom. The van der Waals surface area contributed by atoms with Crippen molar-refractivity contribution in [2.24, 2.45) is 0 Å². The van der Waals surface area contributed by atoms with E-state index in [-0.39, 0.29) is 6.61 Å². The van der Waals surface area contributed by atoms with Crippen LogP contribution < -0.4 is 4.74 Å². The summed E-state index contributed by atoms with van der Waals surface area (Å²) >= 11 is 6.14. The highest BCUT2D eigenvalue weighted by Gasteiger charge is 2.10. The van der Waals surface area contributed by atoms with Gasteiger partial charge in [-0.3, -0.25) is 0 Å². The summed E-state index contributed by atoms with van der Waals surface area (Å²) in [4.78, 5) is 0. The average Bonchev–Trinajstić information content (AvgIpc) is 2.38. The highest BCUT2D eigenvalue weighted by Crippen LogP contribution is 2.30. The second-order valence-corrected chi connectivity index (χ2v) is 5.46. The molecule has 0 amide bonds. The van der Waals surface area contributed by atoms with Crippen LogP contribution in [0.2, 0.25) is 5.02 Å². The van der Waals surface area contributed by atoms with E-state index in [1.165, 1.54) is 22.3 Å². The summed E-state index contributed by atoms with van der Waals surface area (Å²) in [7, 11) is 0. The lowest BCUT2D eigenvalue weighted by Crippen LogP contribution is -2.03. The van der Waals surface area contributed by atoms with Crippen LogP contribution in [-0.2, 0) is 13.2 Å². The fourth-order valence-corrected chi connectivity index (χ4v) is 2.67. The van der Waals surface area contributed by atoms with E-state index in [0.29, 0.717) is 22.9 Å². The molecule has 0 atom stereocenters. The van der Waals surface area contributed by atoms with Crippen LogP contribution in [0.25, 0.3) is 0 Å². The van der Waals surface area contributed by atoms with Crippen molar-refractivity contribution in [2.75, 3.05) is 0 Å². The maximum absolute atomic E-state index is 9.35. The van der Waals surface area contributed by atoms with Crippen LogP contribution in [0, 0.1) is 20.8 Å². The van der Waals surface area contributed by atoms with Gasteiger partial charge in [-0.2, -0.15) is 0 Å². The predicted octanol–water partition coefficient (Wildman–Crippen LogP) is 4.34. The molecule has 0 saturated heterocycles. The molecule has 0 aliphatic rings. The Balaban J connectivity index is 2.26. The second kappa shape index (κ2) is 6.29. The first kappa shape index (κ1) is 14.9. The number of hydrogen-bond donors (Lipinski definition) is 1. The van der Waals surface area contributed by atoms with Crippen molar-refractivity contribution in [1.82, 2.24) is 0 Å². The number of hydrogen-bond acceptors (Lipinski definition) is 2. The molecule has 0 radical (unpaired) electrons. The van der Waals surface area contributed by atoms with E-state index in [9.17, 15) is 5.11 Å². The maximum atomic E-state index is 9.35. The zero-order chi connectivity index (χ0) is 14.7. The topological polar surface area (TPSA) is 29.5 Å². The van der Waals surface area contributed by atoms with Crippen LogP contribution in [0.5, 0.6) is 5.75 Å². The summed E-state index contributed by atoms with van der Waals surface area (Å²) in [5.74, 6) is 0.566. The quantitative estimate of drug-likeness (QED) is 0.908. The first-order valence-electron chi connectivity index (χ1n) is 6.60. The summed E-state index contributed by atoms with van der Waals surface area (Å²) in [6, 6.07) is 9.68. The van der Waals surface area contributed by atoms with E-state index in [1.807, 2.05) is 12.1 Å². The van der Waals surface area contributed by atoms with Crippen molar-refractivity contribution in [3.05, 3.63) is 63.2 Å². The van der Waals surface area contributed by atoms with E-state index in [4.69, 9.17) is 16.3 Å². The third-order valence-electron chi connectivity index (χ3n) is 3.42. The number of ether oxygens (including phenoxy) is 1. The van der Waals surface area contributed by atoms with Gasteiger partial charge < -0.3 is 9.84 Å². The van der Waals surface area contributed by atoms with Gasteiger partial charge in [0.25, 0.3) is 0 Å². The SMILES string of the molecule is Cc1cc(C)c(COc2c(Cl)cccc2CO)c(C)c1. The molecule has 1 N–H and O–H groups in total. The molecular weight excluding hydrogens is 272 g/mol. The fraction of sp³-hybridized carbons (Fsp3) is 0.294. The molecule has 0 heterocycles. The Morgan fingerprint density at radius 3 is 2.35 bits per heavy atom. The summed E-state index contributed by atoms with van der Waals surface area (Å²) in [6.07, 6.45) is 0. The van der Waals surface area contributed by atoms with Crippen LogP contribution >= 0.6 is 11.6 Å². The van der Waals surface area contributed by atoms with Crippen LogP contribution in [0.15, 0.2) is 30.3 Å². The average molecular weight is 291 g/mol. The Kier molecular flexibility index (Phi) is 4.69. The van der Waals surface area contributed by atoms with E-state index in [1.54, 1.807) is 6.07 Å². The highest BCUT2D eigenvalue weighted by molar-refractivity contribution is 6.32. The maximum Gasteiger partial charge on any atom is 0.143 e. The lowest BCUT2D eigenvalue weighted by Gasteiger charge is -2.15. The molecule has 2 aromatic carbocycles. The lowest BCUT2D eigenvalue weighted by molar-refractivity contribution is 0.258. The number of benzene rings is 2. The zero-order valence-electron chi connectivity index (χ0n) is 12.0. The fourth-order valence-electron chi connectivity index (χ4n) is 2.42. The monoisotopic (exact) mass is 290 g/mol. The predicted molar refractivity (Wildman–Crippen MR) is 82.4 cm³/mol. The van der Waals surface area contributed by atoms with Crippen LogP contribution in [-0.4, -0.2) is 5.11 Å². The van der Waals surface area contributed by atoms with Crippen molar-refractivity contribution in [3.63, 3.8) is 0 Å². The molecule has 2 nitrogen and oxygen atoms in total. The molecule has 2 aromatic rings. The minimum absolute atomic E-state index is 0.0816. The number of para-hydroxylation sites is 1.